The molecule has 0 bridgehead atoms. The molecule has 1 fully saturated rings. The van der Waals surface area contributed by atoms with Crippen LogP contribution in [0.1, 0.15) is 48.2 Å². The average molecular weight is 420 g/mol. The van der Waals surface area contributed by atoms with Gasteiger partial charge in [0.15, 0.2) is 5.75 Å². The van der Waals surface area contributed by atoms with E-state index in [1.54, 1.807) is 14.2 Å². The van der Waals surface area contributed by atoms with Crippen LogP contribution in [-0.4, -0.2) is 29.3 Å². The second-order valence-electron chi connectivity index (χ2n) is 7.88. The molecular formula is C25H29N3O3. The maximum atomic E-state index is 10.6. The van der Waals surface area contributed by atoms with Crippen molar-refractivity contribution in [2.75, 3.05) is 19.1 Å². The second-order valence-corrected chi connectivity index (χ2v) is 7.88. The highest BCUT2D eigenvalue weighted by Crippen LogP contribution is 2.44. The van der Waals surface area contributed by atoms with E-state index in [4.69, 9.17) is 19.4 Å². The summed E-state index contributed by atoms with van der Waals surface area (Å²) in [7, 11) is 3.34. The number of anilines is 1. The van der Waals surface area contributed by atoms with Gasteiger partial charge in [0, 0.05) is 19.0 Å². The van der Waals surface area contributed by atoms with Crippen molar-refractivity contribution in [3.05, 3.63) is 71.0 Å². The summed E-state index contributed by atoms with van der Waals surface area (Å²) in [6.45, 7) is 3.31. The lowest BCUT2D eigenvalue weighted by molar-refractivity contribution is 0.414. The first-order valence-corrected chi connectivity index (χ1v) is 10.7. The van der Waals surface area contributed by atoms with Crippen LogP contribution in [-0.2, 0) is 19.5 Å². The Morgan fingerprint density at radius 2 is 1.39 bits per heavy atom. The summed E-state index contributed by atoms with van der Waals surface area (Å²) >= 11 is 0. The molecular weight excluding hydrogens is 390 g/mol. The molecule has 0 amide bonds. The fourth-order valence-corrected chi connectivity index (χ4v) is 3.64. The molecule has 6 heteroatoms. The molecule has 1 aromatic heterocycles. The third-order valence-electron chi connectivity index (χ3n) is 5.62. The SMILES string of the molecule is CCc1nc(N(Cc2ccc(OC)cc2)Cc2ccc(OC)cc2)nc(C2CC2)c1O. The summed E-state index contributed by atoms with van der Waals surface area (Å²) in [4.78, 5) is 11.7. The van der Waals surface area contributed by atoms with Crippen LogP contribution in [0.5, 0.6) is 17.2 Å². The second kappa shape index (κ2) is 9.25. The standard InChI is InChI=1S/C25H29N3O3/c1-4-22-24(29)23(19-9-10-19)27-25(26-22)28(15-17-5-11-20(30-2)12-6-17)16-18-7-13-21(31-3)14-8-18/h5-8,11-14,19,29H,4,9-10,15-16H2,1-3H3. The molecule has 1 N–H and O–H groups in total. The molecule has 1 aliphatic carbocycles. The molecule has 2 aromatic carbocycles. The predicted octanol–water partition coefficient (Wildman–Crippen LogP) is 4.85. The van der Waals surface area contributed by atoms with E-state index in [2.05, 4.69) is 29.2 Å². The number of hydrogen-bond acceptors (Lipinski definition) is 6. The summed E-state index contributed by atoms with van der Waals surface area (Å²) in [5.41, 5.74) is 3.77. The molecule has 0 saturated heterocycles. The van der Waals surface area contributed by atoms with Crippen LogP contribution in [0.2, 0.25) is 0 Å². The molecule has 4 rings (SSSR count). The van der Waals surface area contributed by atoms with Crippen LogP contribution >= 0.6 is 0 Å². The molecule has 0 radical (unpaired) electrons. The Morgan fingerprint density at radius 3 is 1.81 bits per heavy atom. The molecule has 0 spiro atoms. The van der Waals surface area contributed by atoms with Crippen LogP contribution in [0.15, 0.2) is 48.5 Å². The van der Waals surface area contributed by atoms with E-state index in [1.165, 1.54) is 0 Å². The maximum Gasteiger partial charge on any atom is 0.226 e. The smallest absolute Gasteiger partial charge is 0.226 e. The van der Waals surface area contributed by atoms with Gasteiger partial charge in [-0.05, 0) is 54.7 Å². The number of aromatic nitrogens is 2. The molecule has 1 aliphatic rings. The molecule has 1 heterocycles. The molecule has 162 valence electrons. The zero-order valence-corrected chi connectivity index (χ0v) is 18.3. The van der Waals surface area contributed by atoms with Gasteiger partial charge in [-0.25, -0.2) is 9.97 Å². The van der Waals surface area contributed by atoms with Crippen molar-refractivity contribution in [3.8, 4) is 17.2 Å². The molecule has 6 nitrogen and oxygen atoms in total. The normalized spacial score (nSPS) is 13.1. The van der Waals surface area contributed by atoms with Crippen LogP contribution < -0.4 is 14.4 Å². The number of nitrogens with zero attached hydrogens (tertiary/aromatic N) is 3. The zero-order chi connectivity index (χ0) is 21.8. The van der Waals surface area contributed by atoms with Gasteiger partial charge < -0.3 is 19.5 Å². The molecule has 31 heavy (non-hydrogen) atoms. The summed E-state index contributed by atoms with van der Waals surface area (Å²) < 4.78 is 10.6. The van der Waals surface area contributed by atoms with Crippen molar-refractivity contribution >= 4 is 5.95 Å². The number of benzene rings is 2. The van der Waals surface area contributed by atoms with E-state index in [0.717, 1.165) is 41.2 Å². The minimum Gasteiger partial charge on any atom is -0.504 e. The van der Waals surface area contributed by atoms with Crippen LogP contribution in [0, 0.1) is 0 Å². The highest BCUT2D eigenvalue weighted by atomic mass is 16.5. The first-order valence-electron chi connectivity index (χ1n) is 10.7. The lowest BCUT2D eigenvalue weighted by Gasteiger charge is -2.25. The number of hydrogen-bond donors (Lipinski definition) is 1. The molecule has 0 unspecified atom stereocenters. The fraction of sp³-hybridized carbons (Fsp3) is 0.360. The summed E-state index contributed by atoms with van der Waals surface area (Å²) in [5, 5.41) is 10.6. The van der Waals surface area contributed by atoms with Crippen LogP contribution in [0.25, 0.3) is 0 Å². The summed E-state index contributed by atoms with van der Waals surface area (Å²) in [6.07, 6.45) is 2.81. The Kier molecular flexibility index (Phi) is 6.26. The zero-order valence-electron chi connectivity index (χ0n) is 18.3. The average Bonchev–Trinajstić information content (AvgIpc) is 3.65. The molecule has 3 aromatic rings. The highest BCUT2D eigenvalue weighted by molar-refractivity contribution is 5.45. The minimum atomic E-state index is 0.266. The van der Waals surface area contributed by atoms with E-state index in [9.17, 15) is 5.11 Å². The van der Waals surface area contributed by atoms with Crippen molar-refractivity contribution in [3.63, 3.8) is 0 Å². The van der Waals surface area contributed by atoms with Crippen molar-refractivity contribution in [1.29, 1.82) is 0 Å². The topological polar surface area (TPSA) is 67.7 Å². The van der Waals surface area contributed by atoms with Gasteiger partial charge in [0.25, 0.3) is 0 Å². The van der Waals surface area contributed by atoms with E-state index < -0.39 is 0 Å². The Morgan fingerprint density at radius 1 is 0.871 bits per heavy atom. The van der Waals surface area contributed by atoms with Gasteiger partial charge in [-0.1, -0.05) is 31.2 Å². The van der Waals surface area contributed by atoms with Gasteiger partial charge in [-0.3, -0.25) is 0 Å². The number of aromatic hydroxyl groups is 1. The number of ether oxygens (including phenoxy) is 2. The van der Waals surface area contributed by atoms with E-state index >= 15 is 0 Å². The van der Waals surface area contributed by atoms with E-state index in [1.807, 2.05) is 31.2 Å². The van der Waals surface area contributed by atoms with Crippen LogP contribution in [0.4, 0.5) is 5.95 Å². The first-order chi connectivity index (χ1) is 15.1. The third kappa shape index (κ3) is 4.90. The largest absolute Gasteiger partial charge is 0.504 e. The van der Waals surface area contributed by atoms with E-state index in [0.29, 0.717) is 37.1 Å². The lowest BCUT2D eigenvalue weighted by Crippen LogP contribution is -2.25. The quantitative estimate of drug-likeness (QED) is 0.535. The van der Waals surface area contributed by atoms with Gasteiger partial charge in [0.2, 0.25) is 5.95 Å². The fourth-order valence-electron chi connectivity index (χ4n) is 3.64. The van der Waals surface area contributed by atoms with Gasteiger partial charge in [0.1, 0.15) is 11.5 Å². The summed E-state index contributed by atoms with van der Waals surface area (Å²) in [6, 6.07) is 16.1. The number of methoxy groups -OCH3 is 2. The Labute approximate surface area is 183 Å². The van der Waals surface area contributed by atoms with Gasteiger partial charge in [-0.15, -0.1) is 0 Å². The number of aryl methyl sites for hydroxylation is 1. The van der Waals surface area contributed by atoms with Crippen molar-refractivity contribution in [1.82, 2.24) is 9.97 Å². The van der Waals surface area contributed by atoms with Gasteiger partial charge in [0.05, 0.1) is 25.6 Å². The lowest BCUT2D eigenvalue weighted by atomic mass is 10.1. The summed E-state index contributed by atoms with van der Waals surface area (Å²) in [5.74, 6) is 2.92. The van der Waals surface area contributed by atoms with Crippen LogP contribution in [0.3, 0.4) is 0 Å². The predicted molar refractivity (Wildman–Crippen MR) is 121 cm³/mol. The highest BCUT2D eigenvalue weighted by Gasteiger charge is 2.30. The maximum absolute atomic E-state index is 10.6. The van der Waals surface area contributed by atoms with E-state index in [-0.39, 0.29) is 5.75 Å². The Balaban J connectivity index is 1.68. The van der Waals surface area contributed by atoms with Gasteiger partial charge >= 0.3 is 0 Å². The number of rotatable bonds is 9. The third-order valence-corrected chi connectivity index (χ3v) is 5.62. The molecule has 0 aliphatic heterocycles. The molecule has 1 saturated carbocycles. The minimum absolute atomic E-state index is 0.266. The van der Waals surface area contributed by atoms with Gasteiger partial charge in [-0.2, -0.15) is 0 Å². The monoisotopic (exact) mass is 419 g/mol. The van der Waals surface area contributed by atoms with Crippen molar-refractivity contribution in [2.45, 2.75) is 45.2 Å². The van der Waals surface area contributed by atoms with Crippen molar-refractivity contribution < 1.29 is 14.6 Å². The van der Waals surface area contributed by atoms with Crippen molar-refractivity contribution in [2.24, 2.45) is 0 Å². The Hall–Kier alpha value is -3.28. The Bertz CT molecular complexity index is 966. The molecule has 0 atom stereocenters. The first kappa shape index (κ1) is 21.0.